The molecule has 2 nitrogen and oxygen atoms in total. The molecule has 0 aromatic carbocycles. The van der Waals surface area contributed by atoms with Crippen LogP contribution in [0.25, 0.3) is 0 Å². The molecule has 0 aromatic rings. The normalized spacial score (nSPS) is 18.8. The number of hydrogen-bond acceptors (Lipinski definition) is 2. The lowest BCUT2D eigenvalue weighted by atomic mass is 10.5. The van der Waals surface area contributed by atoms with E-state index in [0.29, 0.717) is 27.6 Å². The molecule has 2 atom stereocenters. The molecule has 0 aromatic heterocycles. The van der Waals surface area contributed by atoms with Gasteiger partial charge in [-0.05, 0) is 11.5 Å². The summed E-state index contributed by atoms with van der Waals surface area (Å²) in [4.78, 5) is 3.61. The minimum atomic E-state index is -0.759. The van der Waals surface area contributed by atoms with E-state index in [4.69, 9.17) is 51.7 Å². The smallest absolute Gasteiger partial charge is 0.201 e. The average Bonchev–Trinajstić information content (AvgIpc) is 2.27. The topological polar surface area (TPSA) is 36.1 Å². The highest BCUT2D eigenvalue weighted by Gasteiger charge is 2.17. The van der Waals surface area contributed by atoms with E-state index >= 15 is 0 Å². The van der Waals surface area contributed by atoms with E-state index in [0.717, 1.165) is 0 Å². The first kappa shape index (κ1) is 17.0. The van der Waals surface area contributed by atoms with Gasteiger partial charge in [-0.2, -0.15) is 10.3 Å². The Bertz CT molecular complexity index is 257. The van der Waals surface area contributed by atoms with Gasteiger partial charge in [0.25, 0.3) is 0 Å². The van der Waals surface area contributed by atoms with Crippen LogP contribution in [0.4, 0.5) is 0 Å². The molecule has 94 valence electrons. The number of nitriles is 1. The highest BCUT2D eigenvalue weighted by molar-refractivity contribution is 8.43. The molecule has 0 aliphatic heterocycles. The average molecular weight is 342 g/mol. The van der Waals surface area contributed by atoms with Crippen molar-refractivity contribution >= 4 is 74.3 Å². The molecule has 2 unspecified atom stereocenters. The van der Waals surface area contributed by atoms with Gasteiger partial charge < -0.3 is 0 Å². The maximum atomic E-state index is 8.47. The maximum absolute atomic E-state index is 8.47. The van der Waals surface area contributed by atoms with E-state index in [9.17, 15) is 0 Å². The molecular formula is C8H12Cl4N2S2. The van der Waals surface area contributed by atoms with E-state index in [2.05, 4.69) is 17.6 Å². The summed E-state index contributed by atoms with van der Waals surface area (Å²) in [6, 6.07) is 0. The van der Waals surface area contributed by atoms with Gasteiger partial charge in [-0.1, -0.05) is 0 Å². The van der Waals surface area contributed by atoms with Crippen LogP contribution in [0.5, 0.6) is 0 Å². The Balaban J connectivity index is 4.51. The molecule has 0 aliphatic rings. The van der Waals surface area contributed by atoms with Gasteiger partial charge in [-0.3, -0.25) is 0 Å². The molecule has 0 radical (unpaired) electrons. The molecule has 8 heteroatoms. The number of nitrogens with zero attached hydrogens (tertiary/aromatic N) is 2. The lowest BCUT2D eigenvalue weighted by Crippen LogP contribution is -2.18. The number of halogens is 4. The molecular weight excluding hydrogens is 330 g/mol. The summed E-state index contributed by atoms with van der Waals surface area (Å²) in [5.74, 6) is 1.98. The molecule has 0 aliphatic carbocycles. The SMILES string of the molecule is N#CN=C(S)[SH](CC(Cl)CCl)CC(Cl)CCl. The van der Waals surface area contributed by atoms with E-state index in [1.54, 1.807) is 6.19 Å². The molecule has 0 heterocycles. The summed E-state index contributed by atoms with van der Waals surface area (Å²) in [7, 11) is -0.759. The molecule has 0 saturated carbocycles. The maximum Gasteiger partial charge on any atom is 0.207 e. The largest absolute Gasteiger partial charge is 0.207 e. The molecule has 16 heavy (non-hydrogen) atoms. The van der Waals surface area contributed by atoms with Crippen LogP contribution in [0, 0.1) is 11.5 Å². The fourth-order valence-electron chi connectivity index (χ4n) is 0.929. The van der Waals surface area contributed by atoms with Gasteiger partial charge in [0.05, 0.1) is 10.8 Å². The Morgan fingerprint density at radius 1 is 1.25 bits per heavy atom. The molecule has 0 amide bonds. The Kier molecular flexibility index (Phi) is 10.6. The first-order chi connectivity index (χ1) is 7.54. The second-order valence-electron chi connectivity index (χ2n) is 2.92. The zero-order valence-corrected chi connectivity index (χ0v) is 13.1. The number of aliphatic imine (C=N–C) groups is 1. The number of thiol groups is 2. The molecule has 0 saturated heterocycles. The summed E-state index contributed by atoms with van der Waals surface area (Å²) in [6.07, 6.45) is 1.71. The quantitative estimate of drug-likeness (QED) is 0.251. The number of hydrogen-bond donors (Lipinski definition) is 2. The zero-order chi connectivity index (χ0) is 12.6. The fourth-order valence-corrected chi connectivity index (χ4v) is 4.86. The summed E-state index contributed by atoms with van der Waals surface area (Å²) in [6.45, 7) is 0. The Hall–Kier alpha value is 1.02. The van der Waals surface area contributed by atoms with Gasteiger partial charge in [0.15, 0.2) is 0 Å². The van der Waals surface area contributed by atoms with Crippen LogP contribution in [0.15, 0.2) is 4.99 Å². The predicted molar refractivity (Wildman–Crippen MR) is 81.5 cm³/mol. The summed E-state index contributed by atoms with van der Waals surface area (Å²) >= 11 is 27.4. The van der Waals surface area contributed by atoms with E-state index < -0.39 is 10.9 Å². The standard InChI is InChI=1S/C8H12Cl4N2S2/c9-1-6(11)3-16(4-7(12)2-10)8(15)14-5-13/h6-7,16H,1-4H2,(H,14,15). The first-order valence-electron chi connectivity index (χ1n) is 4.35. The third-order valence-corrected chi connectivity index (χ3v) is 7.09. The molecule has 0 bridgehead atoms. The molecule has 0 spiro atoms. The predicted octanol–water partition coefficient (Wildman–Crippen LogP) is 3.45. The summed E-state index contributed by atoms with van der Waals surface area (Å²) in [5.41, 5.74) is 0. The highest BCUT2D eigenvalue weighted by atomic mass is 35.5. The minimum absolute atomic E-state index is 0.164. The third-order valence-electron chi connectivity index (χ3n) is 1.60. The van der Waals surface area contributed by atoms with Gasteiger partial charge >= 0.3 is 0 Å². The summed E-state index contributed by atoms with van der Waals surface area (Å²) in [5, 5.41) is 8.15. The van der Waals surface area contributed by atoms with Crippen molar-refractivity contribution in [2.45, 2.75) is 10.8 Å². The van der Waals surface area contributed by atoms with Crippen molar-refractivity contribution in [3.8, 4) is 6.19 Å². The van der Waals surface area contributed by atoms with Crippen LogP contribution in [0.2, 0.25) is 0 Å². The van der Waals surface area contributed by atoms with Crippen LogP contribution in [0.3, 0.4) is 0 Å². The number of rotatable bonds is 6. The van der Waals surface area contributed by atoms with Crippen molar-refractivity contribution in [1.82, 2.24) is 0 Å². The Labute approximate surface area is 124 Å². The minimum Gasteiger partial charge on any atom is -0.201 e. The Morgan fingerprint density at radius 2 is 1.69 bits per heavy atom. The van der Waals surface area contributed by atoms with Crippen molar-refractivity contribution in [3.63, 3.8) is 0 Å². The molecule has 0 fully saturated rings. The van der Waals surface area contributed by atoms with Gasteiger partial charge in [0.2, 0.25) is 6.19 Å². The van der Waals surface area contributed by atoms with Crippen LogP contribution in [-0.2, 0) is 0 Å². The number of alkyl halides is 4. The fraction of sp³-hybridized carbons (Fsp3) is 0.750. The first-order valence-corrected chi connectivity index (χ1v) is 8.46. The van der Waals surface area contributed by atoms with Gasteiger partial charge in [0, 0.05) is 11.8 Å². The monoisotopic (exact) mass is 340 g/mol. The highest BCUT2D eigenvalue weighted by Crippen LogP contribution is 2.34. The van der Waals surface area contributed by atoms with Crippen molar-refractivity contribution in [2.75, 3.05) is 23.3 Å². The van der Waals surface area contributed by atoms with Crippen LogP contribution in [-0.4, -0.2) is 38.4 Å². The van der Waals surface area contributed by atoms with Crippen molar-refractivity contribution in [1.29, 1.82) is 5.26 Å². The lowest BCUT2D eigenvalue weighted by Gasteiger charge is -2.23. The van der Waals surface area contributed by atoms with E-state index in [1.165, 1.54) is 0 Å². The van der Waals surface area contributed by atoms with Crippen LogP contribution >= 0.6 is 69.9 Å². The van der Waals surface area contributed by atoms with E-state index in [1.807, 2.05) is 0 Å². The van der Waals surface area contributed by atoms with Gasteiger partial charge in [0.1, 0.15) is 4.38 Å². The second-order valence-corrected chi connectivity index (χ2v) is 7.78. The van der Waals surface area contributed by atoms with Gasteiger partial charge in [-0.15, -0.1) is 59.0 Å². The van der Waals surface area contributed by atoms with Crippen molar-refractivity contribution < 1.29 is 0 Å². The van der Waals surface area contributed by atoms with Gasteiger partial charge in [-0.25, -0.2) is 10.9 Å². The second kappa shape index (κ2) is 9.99. The lowest BCUT2D eigenvalue weighted by molar-refractivity contribution is 1.09. The van der Waals surface area contributed by atoms with Crippen molar-refractivity contribution in [3.05, 3.63) is 0 Å². The van der Waals surface area contributed by atoms with Crippen molar-refractivity contribution in [2.24, 2.45) is 4.99 Å². The van der Waals surface area contributed by atoms with E-state index in [-0.39, 0.29) is 10.8 Å². The Morgan fingerprint density at radius 3 is 2.00 bits per heavy atom. The zero-order valence-electron chi connectivity index (χ0n) is 8.28. The molecule has 0 rings (SSSR count). The van der Waals surface area contributed by atoms with Crippen LogP contribution in [0.1, 0.15) is 0 Å². The van der Waals surface area contributed by atoms with Crippen LogP contribution < -0.4 is 0 Å². The summed E-state index contributed by atoms with van der Waals surface area (Å²) < 4.78 is 0.490. The third kappa shape index (κ3) is 7.37. The molecule has 0 N–H and O–H groups in total.